The molecule has 0 unspecified atom stereocenters. The van der Waals surface area contributed by atoms with E-state index >= 15 is 0 Å². The van der Waals surface area contributed by atoms with Crippen molar-refractivity contribution in [3.63, 3.8) is 0 Å². The van der Waals surface area contributed by atoms with E-state index in [0.717, 1.165) is 16.0 Å². The van der Waals surface area contributed by atoms with E-state index in [2.05, 4.69) is 55.6 Å². The Balaban J connectivity index is 3.82. The van der Waals surface area contributed by atoms with Crippen molar-refractivity contribution in [1.29, 1.82) is 0 Å². The average molecular weight is 321 g/mol. The van der Waals surface area contributed by atoms with Crippen molar-refractivity contribution in [2.24, 2.45) is 5.41 Å². The van der Waals surface area contributed by atoms with E-state index in [9.17, 15) is 0 Å². The predicted molar refractivity (Wildman–Crippen MR) is 57.2 cm³/mol. The molecule has 0 rings (SSSR count). The molecular formula is C5H10BBr3. The molecule has 0 amide bonds. The molecule has 0 aromatic carbocycles. The summed E-state index contributed by atoms with van der Waals surface area (Å²) in [6, 6.07) is 0. The maximum absolute atomic E-state index is 3.49. The van der Waals surface area contributed by atoms with Crippen LogP contribution in [-0.2, 0) is 0 Å². The van der Waals surface area contributed by atoms with Crippen molar-refractivity contribution in [1.82, 2.24) is 0 Å². The van der Waals surface area contributed by atoms with Gasteiger partial charge in [0.05, 0.1) is 0 Å². The van der Waals surface area contributed by atoms with Gasteiger partial charge in [0, 0.05) is 16.0 Å². The average Bonchev–Trinajstić information content (AvgIpc) is 1.95. The molecule has 0 aromatic rings. The Morgan fingerprint density at radius 2 is 1.33 bits per heavy atom. The summed E-state index contributed by atoms with van der Waals surface area (Å²) in [5.41, 5.74) is 0.417. The summed E-state index contributed by atoms with van der Waals surface area (Å²) in [7, 11) is 2.21. The molecule has 0 saturated heterocycles. The normalized spacial score (nSPS) is 11.9. The molecule has 0 nitrogen and oxygen atoms in total. The van der Waals surface area contributed by atoms with Gasteiger partial charge < -0.3 is 0 Å². The third-order valence-corrected chi connectivity index (χ3v) is 5.17. The first-order valence-electron chi connectivity index (χ1n) is 2.92. The molecule has 0 bridgehead atoms. The first-order valence-corrected chi connectivity index (χ1v) is 6.29. The van der Waals surface area contributed by atoms with E-state index in [1.54, 1.807) is 0 Å². The second-order valence-electron chi connectivity index (χ2n) is 2.25. The van der Waals surface area contributed by atoms with Crippen LogP contribution in [0.15, 0.2) is 0 Å². The molecule has 4 heteroatoms. The van der Waals surface area contributed by atoms with Crippen molar-refractivity contribution < 1.29 is 0 Å². The highest BCUT2D eigenvalue weighted by Crippen LogP contribution is 2.28. The molecule has 0 radical (unpaired) electrons. The lowest BCUT2D eigenvalue weighted by Gasteiger charge is -2.25. The Labute approximate surface area is 83.0 Å². The zero-order valence-electron chi connectivity index (χ0n) is 5.46. The largest absolute Gasteiger partial charge is 0.102 e. The molecule has 0 aliphatic heterocycles. The van der Waals surface area contributed by atoms with Crippen LogP contribution < -0.4 is 0 Å². The van der Waals surface area contributed by atoms with Gasteiger partial charge in [-0.3, -0.25) is 0 Å². The zero-order chi connectivity index (χ0) is 7.33. The summed E-state index contributed by atoms with van der Waals surface area (Å²) in [6.45, 7) is 0. The van der Waals surface area contributed by atoms with Gasteiger partial charge in [-0.25, -0.2) is 0 Å². The van der Waals surface area contributed by atoms with Crippen LogP contribution in [0.25, 0.3) is 0 Å². The van der Waals surface area contributed by atoms with E-state index < -0.39 is 0 Å². The van der Waals surface area contributed by atoms with Crippen molar-refractivity contribution in [2.75, 3.05) is 16.0 Å². The number of halogens is 3. The second kappa shape index (κ2) is 5.19. The van der Waals surface area contributed by atoms with Crippen LogP contribution in [0.1, 0.15) is 0 Å². The van der Waals surface area contributed by atoms with Gasteiger partial charge in [-0.1, -0.05) is 54.1 Å². The van der Waals surface area contributed by atoms with Crippen LogP contribution in [0.3, 0.4) is 0 Å². The van der Waals surface area contributed by atoms with Crippen LogP contribution in [-0.4, -0.2) is 23.8 Å². The van der Waals surface area contributed by atoms with Crippen molar-refractivity contribution in [2.45, 2.75) is 6.32 Å². The second-order valence-corrected chi connectivity index (χ2v) is 3.94. The van der Waals surface area contributed by atoms with Crippen LogP contribution >= 0.6 is 47.8 Å². The van der Waals surface area contributed by atoms with E-state index in [0.29, 0.717) is 5.41 Å². The fourth-order valence-electron chi connectivity index (χ4n) is 0.391. The van der Waals surface area contributed by atoms with Crippen LogP contribution in [0.5, 0.6) is 0 Å². The lowest BCUT2D eigenvalue weighted by molar-refractivity contribution is 0.516. The molecule has 0 aliphatic carbocycles. The van der Waals surface area contributed by atoms with Gasteiger partial charge in [0.25, 0.3) is 0 Å². The first-order chi connectivity index (χ1) is 4.24. The summed E-state index contributed by atoms with van der Waals surface area (Å²) < 4.78 is 0. The minimum atomic E-state index is 0.417. The summed E-state index contributed by atoms with van der Waals surface area (Å²) in [5, 5.41) is 3.19. The number of hydrogen-bond donors (Lipinski definition) is 0. The summed E-state index contributed by atoms with van der Waals surface area (Å²) in [4.78, 5) is 0. The third kappa shape index (κ3) is 2.94. The lowest BCUT2D eigenvalue weighted by atomic mass is 9.81. The Morgan fingerprint density at radius 3 is 1.33 bits per heavy atom. The Hall–Kier alpha value is 1.50. The van der Waals surface area contributed by atoms with Crippen molar-refractivity contribution in [3.05, 3.63) is 0 Å². The lowest BCUT2D eigenvalue weighted by Crippen LogP contribution is -2.25. The van der Waals surface area contributed by atoms with Crippen molar-refractivity contribution in [3.8, 4) is 0 Å². The molecule has 0 N–H and O–H groups in total. The number of rotatable bonds is 4. The minimum Gasteiger partial charge on any atom is -0.0922 e. The number of alkyl halides is 3. The molecule has 9 heavy (non-hydrogen) atoms. The summed E-state index contributed by atoms with van der Waals surface area (Å²) in [6.07, 6.45) is 1.20. The quantitative estimate of drug-likeness (QED) is 0.550. The van der Waals surface area contributed by atoms with E-state index in [-0.39, 0.29) is 0 Å². The maximum atomic E-state index is 3.49. The monoisotopic (exact) mass is 318 g/mol. The highest BCUT2D eigenvalue weighted by molar-refractivity contribution is 9.10. The molecular weight excluding hydrogens is 311 g/mol. The maximum Gasteiger partial charge on any atom is 0.102 e. The fraction of sp³-hybridized carbons (Fsp3) is 1.00. The number of hydrogen-bond acceptors (Lipinski definition) is 0. The molecule has 0 heterocycles. The molecule has 0 aliphatic rings. The Kier molecular flexibility index (Phi) is 6.06. The van der Waals surface area contributed by atoms with Gasteiger partial charge in [0.1, 0.15) is 7.85 Å². The third-order valence-electron chi connectivity index (χ3n) is 1.60. The zero-order valence-corrected chi connectivity index (χ0v) is 10.2. The molecule has 0 atom stereocenters. The van der Waals surface area contributed by atoms with Crippen molar-refractivity contribution >= 4 is 55.6 Å². The topological polar surface area (TPSA) is 0 Å². The summed E-state index contributed by atoms with van der Waals surface area (Å²) in [5.74, 6) is 0. The molecule has 0 saturated carbocycles. The fourth-order valence-corrected chi connectivity index (χ4v) is 4.37. The first kappa shape index (κ1) is 10.5. The molecule has 54 valence electrons. The SMILES string of the molecule is BCC(CBr)(CBr)CBr. The van der Waals surface area contributed by atoms with Gasteiger partial charge in [-0.05, 0) is 5.41 Å². The Morgan fingerprint density at radius 1 is 1.00 bits per heavy atom. The molecule has 0 spiro atoms. The van der Waals surface area contributed by atoms with Crippen LogP contribution in [0.2, 0.25) is 6.32 Å². The highest BCUT2D eigenvalue weighted by atomic mass is 79.9. The van der Waals surface area contributed by atoms with E-state index in [1.165, 1.54) is 6.32 Å². The smallest absolute Gasteiger partial charge is 0.0922 e. The molecule has 0 fully saturated rings. The van der Waals surface area contributed by atoms with Gasteiger partial charge in [0.2, 0.25) is 0 Å². The van der Waals surface area contributed by atoms with Gasteiger partial charge in [-0.15, -0.1) is 0 Å². The Bertz CT molecular complexity index is 55.1. The molecule has 0 aromatic heterocycles. The summed E-state index contributed by atoms with van der Waals surface area (Å²) >= 11 is 10.5. The van der Waals surface area contributed by atoms with Gasteiger partial charge in [-0.2, -0.15) is 0 Å². The van der Waals surface area contributed by atoms with E-state index in [1.807, 2.05) is 0 Å². The van der Waals surface area contributed by atoms with Crippen LogP contribution in [0.4, 0.5) is 0 Å². The van der Waals surface area contributed by atoms with Gasteiger partial charge >= 0.3 is 0 Å². The van der Waals surface area contributed by atoms with E-state index in [4.69, 9.17) is 0 Å². The predicted octanol–water partition coefficient (Wildman–Crippen LogP) is 2.21. The minimum absolute atomic E-state index is 0.417. The highest BCUT2D eigenvalue weighted by Gasteiger charge is 2.23. The van der Waals surface area contributed by atoms with Crippen LogP contribution in [0, 0.1) is 5.41 Å². The standard InChI is InChI=1S/C5H10BBr3/c6-1-5(2-7,3-8)4-9/h1-4,6H2. The van der Waals surface area contributed by atoms with Gasteiger partial charge in [0.15, 0.2) is 0 Å².